The van der Waals surface area contributed by atoms with Gasteiger partial charge in [0.05, 0.1) is 6.54 Å². The first kappa shape index (κ1) is 20.3. The van der Waals surface area contributed by atoms with Gasteiger partial charge < -0.3 is 16.0 Å². The van der Waals surface area contributed by atoms with Gasteiger partial charge in [-0.05, 0) is 55.5 Å². The van der Waals surface area contributed by atoms with Gasteiger partial charge in [0.2, 0.25) is 5.91 Å². The molecule has 140 valence electrons. The standard InChI is InChI=1S/C19H25ClN4OS/c1-4-21-19(23-12-17-13(2)9-11-26-17)22-10-8-18(25)24-16-7-5-6-15(20)14(16)3/h5-7,9,11H,4,8,10,12H2,1-3H3,(H,24,25)(H2,21,22,23). The lowest BCUT2D eigenvalue weighted by atomic mass is 10.2. The number of halogens is 1. The smallest absolute Gasteiger partial charge is 0.226 e. The summed E-state index contributed by atoms with van der Waals surface area (Å²) in [6.07, 6.45) is 0.342. The molecule has 0 saturated carbocycles. The van der Waals surface area contributed by atoms with Crippen molar-refractivity contribution < 1.29 is 4.79 Å². The molecule has 0 unspecified atom stereocenters. The topological polar surface area (TPSA) is 65.5 Å². The molecule has 0 aliphatic carbocycles. The number of hydrogen-bond donors (Lipinski definition) is 3. The molecule has 2 aromatic rings. The summed E-state index contributed by atoms with van der Waals surface area (Å²) in [5, 5.41) is 12.0. The Morgan fingerprint density at radius 2 is 2.04 bits per heavy atom. The highest BCUT2D eigenvalue weighted by atomic mass is 35.5. The molecule has 1 aromatic heterocycles. The Morgan fingerprint density at radius 3 is 2.73 bits per heavy atom. The maximum Gasteiger partial charge on any atom is 0.226 e. The molecule has 0 saturated heterocycles. The van der Waals surface area contributed by atoms with Crippen molar-refractivity contribution in [2.24, 2.45) is 4.99 Å². The summed E-state index contributed by atoms with van der Waals surface area (Å²) in [4.78, 5) is 18.0. The summed E-state index contributed by atoms with van der Waals surface area (Å²) in [7, 11) is 0. The van der Waals surface area contributed by atoms with Gasteiger partial charge in [-0.15, -0.1) is 11.3 Å². The number of aryl methyl sites for hydroxylation is 1. The first-order valence-corrected chi connectivity index (χ1v) is 9.87. The molecule has 2 rings (SSSR count). The van der Waals surface area contributed by atoms with Crippen LogP contribution >= 0.6 is 22.9 Å². The van der Waals surface area contributed by atoms with Crippen LogP contribution in [0.25, 0.3) is 0 Å². The summed E-state index contributed by atoms with van der Waals surface area (Å²) in [6.45, 7) is 7.89. The maximum atomic E-state index is 12.2. The zero-order chi connectivity index (χ0) is 18.9. The number of carbonyl (C=O) groups excluding carboxylic acids is 1. The van der Waals surface area contributed by atoms with E-state index in [1.54, 1.807) is 11.3 Å². The predicted octanol–water partition coefficient (Wildman–Crippen LogP) is 4.10. The lowest BCUT2D eigenvalue weighted by Gasteiger charge is -2.12. The molecule has 5 nitrogen and oxygen atoms in total. The first-order valence-electron chi connectivity index (χ1n) is 8.61. The van der Waals surface area contributed by atoms with E-state index in [9.17, 15) is 4.79 Å². The molecule has 0 radical (unpaired) electrons. The number of nitrogens with zero attached hydrogens (tertiary/aromatic N) is 1. The zero-order valence-corrected chi connectivity index (χ0v) is 16.9. The number of amides is 1. The van der Waals surface area contributed by atoms with Crippen LogP contribution < -0.4 is 16.0 Å². The van der Waals surface area contributed by atoms with Crippen LogP contribution in [0.15, 0.2) is 34.6 Å². The molecule has 1 aromatic carbocycles. The molecule has 26 heavy (non-hydrogen) atoms. The van der Waals surface area contributed by atoms with Crippen LogP contribution in [-0.4, -0.2) is 25.0 Å². The molecule has 0 spiro atoms. The van der Waals surface area contributed by atoms with Gasteiger partial charge in [0.1, 0.15) is 0 Å². The molecule has 0 aliphatic rings. The third-order valence-corrected chi connectivity index (χ3v) is 5.30. The molecule has 7 heteroatoms. The number of anilines is 1. The average Bonchev–Trinajstić information content (AvgIpc) is 3.02. The summed E-state index contributed by atoms with van der Waals surface area (Å²) < 4.78 is 0. The normalized spacial score (nSPS) is 11.3. The molecule has 3 N–H and O–H groups in total. The molecule has 1 heterocycles. The third-order valence-electron chi connectivity index (χ3n) is 3.88. The van der Waals surface area contributed by atoms with E-state index in [0.29, 0.717) is 30.5 Å². The molecule has 1 amide bonds. The Kier molecular flexibility index (Phi) is 7.94. The van der Waals surface area contributed by atoms with Gasteiger partial charge in [0, 0.05) is 35.1 Å². The van der Waals surface area contributed by atoms with Crippen LogP contribution in [0.1, 0.15) is 29.3 Å². The van der Waals surface area contributed by atoms with E-state index in [0.717, 1.165) is 17.8 Å². The van der Waals surface area contributed by atoms with E-state index >= 15 is 0 Å². The second-order valence-corrected chi connectivity index (χ2v) is 7.27. The molecule has 0 atom stereocenters. The Hall–Kier alpha value is -2.05. The molecule has 0 fully saturated rings. The highest BCUT2D eigenvalue weighted by Gasteiger charge is 2.07. The van der Waals surface area contributed by atoms with Crippen molar-refractivity contribution in [2.75, 3.05) is 18.4 Å². The van der Waals surface area contributed by atoms with Crippen molar-refractivity contribution in [1.82, 2.24) is 10.6 Å². The molecular weight excluding hydrogens is 368 g/mol. The van der Waals surface area contributed by atoms with E-state index in [1.165, 1.54) is 10.4 Å². The van der Waals surface area contributed by atoms with Crippen molar-refractivity contribution in [3.05, 3.63) is 50.7 Å². The monoisotopic (exact) mass is 392 g/mol. The number of aliphatic imine (C=N–C) groups is 1. The fourth-order valence-electron chi connectivity index (χ4n) is 2.31. The second kappa shape index (κ2) is 10.2. The summed E-state index contributed by atoms with van der Waals surface area (Å²) in [5.41, 5.74) is 2.87. The minimum absolute atomic E-state index is 0.0622. The van der Waals surface area contributed by atoms with E-state index in [-0.39, 0.29) is 5.91 Å². The number of nitrogens with one attached hydrogen (secondary N) is 3. The van der Waals surface area contributed by atoms with Crippen LogP contribution in [0.3, 0.4) is 0 Å². The highest BCUT2D eigenvalue weighted by molar-refractivity contribution is 7.10. The number of rotatable bonds is 7. The summed E-state index contributed by atoms with van der Waals surface area (Å²) in [6, 6.07) is 7.58. The zero-order valence-electron chi connectivity index (χ0n) is 15.4. The van der Waals surface area contributed by atoms with Gasteiger partial charge in [-0.25, -0.2) is 4.99 Å². The predicted molar refractivity (Wildman–Crippen MR) is 111 cm³/mol. The molecule has 0 bridgehead atoms. The number of carbonyl (C=O) groups is 1. The number of guanidine groups is 1. The lowest BCUT2D eigenvalue weighted by Crippen LogP contribution is -2.38. The SMILES string of the molecule is CCNC(=NCc1sccc1C)NCCC(=O)Nc1cccc(Cl)c1C. The number of thiophene rings is 1. The van der Waals surface area contributed by atoms with Gasteiger partial charge in [0.15, 0.2) is 5.96 Å². The average molecular weight is 393 g/mol. The Bertz CT molecular complexity index is 773. The van der Waals surface area contributed by atoms with Gasteiger partial charge in [-0.2, -0.15) is 0 Å². The van der Waals surface area contributed by atoms with Crippen molar-refractivity contribution in [1.29, 1.82) is 0 Å². The molecular formula is C19H25ClN4OS. The Balaban J connectivity index is 1.84. The van der Waals surface area contributed by atoms with E-state index in [2.05, 4.69) is 39.3 Å². The highest BCUT2D eigenvalue weighted by Crippen LogP contribution is 2.22. The Morgan fingerprint density at radius 1 is 1.23 bits per heavy atom. The van der Waals surface area contributed by atoms with E-state index in [1.807, 2.05) is 32.0 Å². The van der Waals surface area contributed by atoms with Crippen LogP contribution in [-0.2, 0) is 11.3 Å². The minimum atomic E-state index is -0.0622. The number of benzene rings is 1. The van der Waals surface area contributed by atoms with Crippen molar-refractivity contribution >= 4 is 40.5 Å². The van der Waals surface area contributed by atoms with Crippen LogP contribution in [0.2, 0.25) is 5.02 Å². The van der Waals surface area contributed by atoms with Crippen molar-refractivity contribution in [3.63, 3.8) is 0 Å². The quantitative estimate of drug-likeness (QED) is 0.491. The summed E-state index contributed by atoms with van der Waals surface area (Å²) >= 11 is 7.78. The first-order chi connectivity index (χ1) is 12.5. The second-order valence-electron chi connectivity index (χ2n) is 5.86. The van der Waals surface area contributed by atoms with Crippen molar-refractivity contribution in [2.45, 2.75) is 33.7 Å². The maximum absolute atomic E-state index is 12.2. The van der Waals surface area contributed by atoms with Gasteiger partial charge in [0.25, 0.3) is 0 Å². The van der Waals surface area contributed by atoms with Gasteiger partial charge in [-0.1, -0.05) is 17.7 Å². The van der Waals surface area contributed by atoms with Crippen LogP contribution in [0.5, 0.6) is 0 Å². The van der Waals surface area contributed by atoms with E-state index < -0.39 is 0 Å². The molecule has 0 aliphatic heterocycles. The largest absolute Gasteiger partial charge is 0.357 e. The van der Waals surface area contributed by atoms with Crippen molar-refractivity contribution in [3.8, 4) is 0 Å². The van der Waals surface area contributed by atoms with E-state index in [4.69, 9.17) is 11.6 Å². The third kappa shape index (κ3) is 6.04. The lowest BCUT2D eigenvalue weighted by molar-refractivity contribution is -0.116. The van der Waals surface area contributed by atoms with Crippen LogP contribution in [0.4, 0.5) is 5.69 Å². The minimum Gasteiger partial charge on any atom is -0.357 e. The number of hydrogen-bond acceptors (Lipinski definition) is 3. The van der Waals surface area contributed by atoms with Gasteiger partial charge >= 0.3 is 0 Å². The fraction of sp³-hybridized carbons (Fsp3) is 0.368. The summed E-state index contributed by atoms with van der Waals surface area (Å²) in [5.74, 6) is 0.653. The van der Waals surface area contributed by atoms with Crippen LogP contribution in [0, 0.1) is 13.8 Å². The fourth-order valence-corrected chi connectivity index (χ4v) is 3.31. The Labute approximate surface area is 163 Å². The van der Waals surface area contributed by atoms with Gasteiger partial charge in [-0.3, -0.25) is 4.79 Å².